The molecule has 0 bridgehead atoms. The topological polar surface area (TPSA) is 115 Å². The number of likely N-dealkylation sites (tertiary alicyclic amines) is 1. The number of hydrogen-bond donors (Lipinski definition) is 2. The molecule has 1 aromatic rings. The molecule has 1 aliphatic carbocycles. The van der Waals surface area contributed by atoms with Crippen molar-refractivity contribution >= 4 is 11.9 Å². The number of carboxylic acid groups (broad SMARTS) is 1. The van der Waals surface area contributed by atoms with Crippen molar-refractivity contribution in [1.82, 2.24) is 4.90 Å². The molecule has 1 saturated heterocycles. The van der Waals surface area contributed by atoms with Crippen molar-refractivity contribution < 1.29 is 38.7 Å². The smallest absolute Gasteiger partial charge is 0.337 e. The fourth-order valence-corrected chi connectivity index (χ4v) is 5.54. The lowest BCUT2D eigenvalue weighted by Gasteiger charge is -2.58. The van der Waals surface area contributed by atoms with E-state index in [1.54, 1.807) is 13.2 Å². The number of hydrogen-bond acceptors (Lipinski definition) is 8. The number of methoxy groups -OCH3 is 1. The molecule has 4 rings (SSSR count). The van der Waals surface area contributed by atoms with Crippen LogP contribution in [-0.4, -0.2) is 78.7 Å². The zero-order valence-electron chi connectivity index (χ0n) is 18.7. The van der Waals surface area contributed by atoms with Crippen molar-refractivity contribution in [1.29, 1.82) is 0 Å². The number of ether oxygens (including phenoxy) is 4. The monoisotopic (exact) mass is 447 g/mol. The van der Waals surface area contributed by atoms with Crippen molar-refractivity contribution in [3.63, 3.8) is 0 Å². The third kappa shape index (κ3) is 3.18. The summed E-state index contributed by atoms with van der Waals surface area (Å²) in [6.07, 6.45) is 1.83. The zero-order chi connectivity index (χ0) is 23.3. The van der Waals surface area contributed by atoms with E-state index in [2.05, 4.69) is 4.90 Å². The summed E-state index contributed by atoms with van der Waals surface area (Å²) in [5, 5.41) is 20.8. The molecule has 0 amide bonds. The number of esters is 1. The third-order valence-corrected chi connectivity index (χ3v) is 7.21. The Labute approximate surface area is 186 Å². The van der Waals surface area contributed by atoms with Gasteiger partial charge in [0.25, 0.3) is 0 Å². The predicted octanol–water partition coefficient (Wildman–Crippen LogP) is 1.39. The Morgan fingerprint density at radius 1 is 1.31 bits per heavy atom. The molecule has 0 radical (unpaired) electrons. The Balaban J connectivity index is 1.76. The molecule has 32 heavy (non-hydrogen) atoms. The van der Waals surface area contributed by atoms with Crippen LogP contribution in [0.5, 0.6) is 11.5 Å². The molecule has 2 N–H and O–H groups in total. The summed E-state index contributed by atoms with van der Waals surface area (Å²) in [6.45, 7) is 3.61. The first-order valence-electron chi connectivity index (χ1n) is 10.6. The van der Waals surface area contributed by atoms with Crippen molar-refractivity contribution in [3.8, 4) is 11.5 Å². The van der Waals surface area contributed by atoms with E-state index in [-0.39, 0.29) is 12.5 Å². The number of aliphatic hydroxyl groups is 1. The molecule has 9 heteroatoms. The van der Waals surface area contributed by atoms with E-state index in [1.807, 2.05) is 33.0 Å². The molecule has 9 nitrogen and oxygen atoms in total. The van der Waals surface area contributed by atoms with Crippen LogP contribution in [0.25, 0.3) is 0 Å². The zero-order valence-corrected chi connectivity index (χ0v) is 18.7. The highest BCUT2D eigenvalue weighted by molar-refractivity contribution is 5.74. The average Bonchev–Trinajstić information content (AvgIpc) is 3.11. The highest BCUT2D eigenvalue weighted by Crippen LogP contribution is 2.62. The van der Waals surface area contributed by atoms with Gasteiger partial charge in [-0.05, 0) is 51.6 Å². The average molecular weight is 447 g/mol. The molecule has 0 aromatic heterocycles. The van der Waals surface area contributed by atoms with Crippen LogP contribution in [0.3, 0.4) is 0 Å². The summed E-state index contributed by atoms with van der Waals surface area (Å²) in [5.74, 6) is -0.482. The maximum Gasteiger partial charge on any atom is 0.337 e. The molecule has 2 aliphatic heterocycles. The van der Waals surface area contributed by atoms with Crippen molar-refractivity contribution in [2.75, 3.05) is 33.9 Å². The van der Waals surface area contributed by atoms with Gasteiger partial charge in [-0.25, -0.2) is 9.59 Å². The van der Waals surface area contributed by atoms with E-state index in [4.69, 9.17) is 24.1 Å². The first-order valence-corrected chi connectivity index (χ1v) is 10.6. The van der Waals surface area contributed by atoms with Crippen molar-refractivity contribution in [2.24, 2.45) is 0 Å². The SMILES string of the molecule is COc1ccc(C)c2c1O[C@H]1C(OC(=O)COCC(=O)O)=CC[C@@]3(O)C(C)N(C)CC[C@]213. The Morgan fingerprint density at radius 2 is 2.06 bits per heavy atom. The number of benzene rings is 1. The molecule has 174 valence electrons. The highest BCUT2D eigenvalue weighted by atomic mass is 16.6. The minimum absolute atomic E-state index is 0.175. The standard InChI is InChI=1S/C23H29NO8/c1-13-5-6-15(29-4)20-19(13)22-9-10-24(3)14(2)23(22,28)8-7-16(21(22)32-20)31-18(27)12-30-11-17(25)26/h5-7,14,21,28H,8-12H2,1-4H3,(H,25,26)/t14?,21-,22-,23+/m0/s1. The van der Waals surface area contributed by atoms with Crippen LogP contribution >= 0.6 is 0 Å². The van der Waals surface area contributed by atoms with Crippen LogP contribution in [0.15, 0.2) is 24.0 Å². The Kier molecular flexibility index (Phi) is 5.68. The quantitative estimate of drug-likeness (QED) is 0.624. The van der Waals surface area contributed by atoms with Crippen molar-refractivity contribution in [2.45, 2.75) is 49.9 Å². The van der Waals surface area contributed by atoms with Crippen LogP contribution in [0.4, 0.5) is 0 Å². The van der Waals surface area contributed by atoms with Gasteiger partial charge in [0.2, 0.25) is 0 Å². The number of fused-ring (bicyclic) bond motifs is 1. The van der Waals surface area contributed by atoms with Gasteiger partial charge in [0, 0.05) is 18.0 Å². The second-order valence-electron chi connectivity index (χ2n) is 8.76. The minimum atomic E-state index is -1.17. The summed E-state index contributed by atoms with van der Waals surface area (Å²) in [7, 11) is 3.55. The molecule has 4 atom stereocenters. The Bertz CT molecular complexity index is 975. The van der Waals surface area contributed by atoms with Crippen LogP contribution in [0.2, 0.25) is 0 Å². The molecule has 3 aliphatic rings. The third-order valence-electron chi connectivity index (χ3n) is 7.21. The summed E-state index contributed by atoms with van der Waals surface area (Å²) < 4.78 is 22.4. The van der Waals surface area contributed by atoms with Crippen LogP contribution in [0.1, 0.15) is 30.9 Å². The van der Waals surface area contributed by atoms with Gasteiger partial charge < -0.3 is 34.1 Å². The number of carbonyl (C=O) groups excluding carboxylic acids is 1. The Morgan fingerprint density at radius 3 is 2.75 bits per heavy atom. The van der Waals surface area contributed by atoms with E-state index in [0.29, 0.717) is 23.7 Å². The summed E-state index contributed by atoms with van der Waals surface area (Å²) in [4.78, 5) is 25.1. The van der Waals surface area contributed by atoms with E-state index < -0.39 is 42.3 Å². The summed E-state index contributed by atoms with van der Waals surface area (Å²) in [6, 6.07) is 3.60. The van der Waals surface area contributed by atoms with Crippen LogP contribution in [0, 0.1) is 6.92 Å². The van der Waals surface area contributed by atoms with Gasteiger partial charge in [-0.2, -0.15) is 0 Å². The highest BCUT2D eigenvalue weighted by Gasteiger charge is 2.69. The number of likely N-dealkylation sites (N-methyl/N-ethyl adjacent to an activating group) is 1. The molecule has 1 unspecified atom stereocenters. The molecule has 0 saturated carbocycles. The van der Waals surface area contributed by atoms with Crippen molar-refractivity contribution in [3.05, 3.63) is 35.1 Å². The minimum Gasteiger partial charge on any atom is -0.493 e. The van der Waals surface area contributed by atoms with Gasteiger partial charge in [-0.3, -0.25) is 0 Å². The first kappa shape index (κ1) is 22.6. The van der Waals surface area contributed by atoms with E-state index in [0.717, 1.165) is 17.7 Å². The number of carbonyl (C=O) groups is 2. The molecule has 2 heterocycles. The fourth-order valence-electron chi connectivity index (χ4n) is 5.54. The number of aliphatic carboxylic acids is 1. The molecule has 1 fully saturated rings. The van der Waals surface area contributed by atoms with Gasteiger partial charge in [0.1, 0.15) is 19.0 Å². The summed E-state index contributed by atoms with van der Waals surface area (Å²) in [5.41, 5.74) is -0.147. The maximum absolute atomic E-state index is 12.4. The normalized spacial score (nSPS) is 31.0. The fraction of sp³-hybridized carbons (Fsp3) is 0.565. The van der Waals surface area contributed by atoms with Gasteiger partial charge in [0.05, 0.1) is 18.1 Å². The van der Waals surface area contributed by atoms with Crippen LogP contribution < -0.4 is 9.47 Å². The predicted molar refractivity (Wildman–Crippen MR) is 113 cm³/mol. The van der Waals surface area contributed by atoms with Crippen LogP contribution in [-0.2, 0) is 24.5 Å². The number of nitrogens with zero attached hydrogens (tertiary/aromatic N) is 1. The van der Waals surface area contributed by atoms with Gasteiger partial charge in [0.15, 0.2) is 17.6 Å². The number of piperidine rings is 1. The lowest BCUT2D eigenvalue weighted by atomic mass is 9.54. The van der Waals surface area contributed by atoms with E-state index in [1.165, 1.54) is 0 Å². The molecular weight excluding hydrogens is 418 g/mol. The maximum atomic E-state index is 12.4. The Hall–Kier alpha value is -2.62. The number of aryl methyl sites for hydroxylation is 1. The van der Waals surface area contributed by atoms with E-state index >= 15 is 0 Å². The lowest BCUT2D eigenvalue weighted by molar-refractivity contribution is -0.164. The molecule has 1 aromatic carbocycles. The largest absolute Gasteiger partial charge is 0.493 e. The molecular formula is C23H29NO8. The van der Waals surface area contributed by atoms with Gasteiger partial charge in [-0.1, -0.05) is 6.07 Å². The second kappa shape index (κ2) is 8.06. The summed E-state index contributed by atoms with van der Waals surface area (Å²) >= 11 is 0. The second-order valence-corrected chi connectivity index (χ2v) is 8.76. The number of carboxylic acids is 1. The number of rotatable bonds is 6. The van der Waals surface area contributed by atoms with Gasteiger partial charge in [-0.15, -0.1) is 0 Å². The van der Waals surface area contributed by atoms with E-state index in [9.17, 15) is 14.7 Å². The van der Waals surface area contributed by atoms with Gasteiger partial charge >= 0.3 is 11.9 Å². The first-order chi connectivity index (χ1) is 15.2. The lowest BCUT2D eigenvalue weighted by Crippen LogP contribution is -2.71. The molecule has 1 spiro atoms.